The molecule has 7 aliphatic carbocycles. The van der Waals surface area contributed by atoms with E-state index in [2.05, 4.69) is 269 Å². The van der Waals surface area contributed by atoms with Crippen molar-refractivity contribution in [1.82, 2.24) is 9.97 Å². The van der Waals surface area contributed by atoms with Crippen molar-refractivity contribution in [3.63, 3.8) is 0 Å². The molecule has 0 aliphatic heterocycles. The summed E-state index contributed by atoms with van der Waals surface area (Å²) in [6.07, 6.45) is 14.4. The molecule has 0 unspecified atom stereocenters. The lowest BCUT2D eigenvalue weighted by Gasteiger charge is -2.22. The van der Waals surface area contributed by atoms with E-state index in [1.165, 1.54) is 94.4 Å². The number of hydrogen-bond acceptors (Lipinski definition) is 7. The zero-order valence-electron chi connectivity index (χ0n) is 70.8. The van der Waals surface area contributed by atoms with Crippen LogP contribution in [0.5, 0.6) is 0 Å². The number of hydrogen-bond donors (Lipinski definition) is 1. The fourth-order valence-corrected chi connectivity index (χ4v) is 23.4. The van der Waals surface area contributed by atoms with Gasteiger partial charge < -0.3 is 13.8 Å². The van der Waals surface area contributed by atoms with Crippen molar-refractivity contribution in [2.24, 2.45) is 0 Å². The molecule has 7 aromatic heterocycles. The Hall–Kier alpha value is -3.43. The van der Waals surface area contributed by atoms with Crippen molar-refractivity contribution in [1.29, 1.82) is 0 Å². The summed E-state index contributed by atoms with van der Waals surface area (Å²) in [5, 5.41) is 7.90. The van der Waals surface area contributed by atoms with Crippen LogP contribution in [-0.2, 0) is 75.8 Å². The van der Waals surface area contributed by atoms with Crippen LogP contribution < -0.4 is 0 Å². The van der Waals surface area contributed by atoms with Gasteiger partial charge in [0.2, 0.25) is 0 Å². The van der Waals surface area contributed by atoms with Crippen LogP contribution >= 0.6 is 45.3 Å². The summed E-state index contributed by atoms with van der Waals surface area (Å²) in [5.41, 5.74) is 16.6. The number of thiazole rings is 1. The summed E-state index contributed by atoms with van der Waals surface area (Å²) in [4.78, 5) is 14.3. The third-order valence-corrected chi connectivity index (χ3v) is 25.6. The summed E-state index contributed by atoms with van der Waals surface area (Å²) >= 11 is 7.64. The molecule has 0 saturated heterocycles. The fourth-order valence-electron chi connectivity index (χ4n) is 18.6. The van der Waals surface area contributed by atoms with Gasteiger partial charge in [0, 0.05) is 74.7 Å². The van der Waals surface area contributed by atoms with E-state index in [-0.39, 0.29) is 16.2 Å². The Balaban J connectivity index is 0.000000375. The van der Waals surface area contributed by atoms with Gasteiger partial charge in [0.25, 0.3) is 0 Å². The van der Waals surface area contributed by atoms with Gasteiger partial charge in [0.15, 0.2) is 0 Å². The second-order valence-electron chi connectivity index (χ2n) is 36.1. The van der Waals surface area contributed by atoms with Crippen molar-refractivity contribution in [3.05, 3.63) is 152 Å². The molecule has 0 spiro atoms. The van der Waals surface area contributed by atoms with E-state index >= 15 is 0 Å². The molecule has 0 radical (unpaired) electrons. The molecule has 7 aliphatic rings. The minimum atomic E-state index is 0.225. The third kappa shape index (κ3) is 20.1. The lowest BCUT2D eigenvalue weighted by atomic mass is 9.82. The Morgan fingerprint density at radius 2 is 0.567 bits per heavy atom. The molecule has 0 bridgehead atoms. The normalized spacial score (nSPS) is 21.3. The lowest BCUT2D eigenvalue weighted by molar-refractivity contribution is 0.351. The number of furan rings is 2. The summed E-state index contributed by atoms with van der Waals surface area (Å²) < 4.78 is 11.1. The van der Waals surface area contributed by atoms with E-state index in [9.17, 15) is 0 Å². The third-order valence-electron chi connectivity index (χ3n) is 20.4. The van der Waals surface area contributed by atoms with Gasteiger partial charge in [-0.25, -0.2) is 4.98 Å². The van der Waals surface area contributed by atoms with Gasteiger partial charge in [0.1, 0.15) is 11.5 Å². The van der Waals surface area contributed by atoms with E-state index in [1.54, 1.807) is 31.3 Å². The van der Waals surface area contributed by atoms with Gasteiger partial charge in [-0.2, -0.15) is 0 Å². The molecule has 552 valence electrons. The minimum absolute atomic E-state index is 0.225. The number of rotatable bonds is 0. The van der Waals surface area contributed by atoms with Gasteiger partial charge in [-0.3, -0.25) is 0 Å². The van der Waals surface area contributed by atoms with Crippen LogP contribution in [-0.4, -0.2) is 9.97 Å². The molecule has 97 heavy (non-hydrogen) atoms. The lowest BCUT2D eigenvalue weighted by Crippen LogP contribution is -2.18. The molecular formula is C89H150N2O2S4. The number of fused-ring (bicyclic) bond motifs is 7. The SMILES string of the molecule is CC.CC.CC.CC.CC.CC.CC1(C)CC(C)(C)c2[nH]ccc21.CC1(C)CC(C)(C)c2occc21.CC1(C)CC(C)(C)c2occc21.CC1(C)CC(C)(C)c2sccc21.CC1(C)CC(C)(C)c2sccc21.CC1(C)CC(C)(C)c2sccc21.Cc1nc2c(s1)C(C)(C)CC2(C)C. The zero-order chi connectivity index (χ0) is 75.8. The highest BCUT2D eigenvalue weighted by Crippen LogP contribution is 2.56. The zero-order valence-corrected chi connectivity index (χ0v) is 74.0. The number of nitrogens with one attached hydrogen (secondary N) is 1. The predicted molar refractivity (Wildman–Crippen MR) is 441 cm³/mol. The van der Waals surface area contributed by atoms with E-state index in [1.807, 2.05) is 141 Å². The van der Waals surface area contributed by atoms with Crippen molar-refractivity contribution in [2.45, 2.75) is 405 Å². The Bertz CT molecular complexity index is 2760. The molecule has 0 aromatic carbocycles. The van der Waals surface area contributed by atoms with Gasteiger partial charge in [0.05, 0.1) is 23.2 Å². The molecule has 0 fully saturated rings. The summed E-state index contributed by atoms with van der Waals surface area (Å²) in [7, 11) is 0. The van der Waals surface area contributed by atoms with Crippen LogP contribution in [0, 0.1) is 6.92 Å². The highest BCUT2D eigenvalue weighted by Gasteiger charge is 2.49. The van der Waals surface area contributed by atoms with Crippen LogP contribution in [0.3, 0.4) is 0 Å². The highest BCUT2D eigenvalue weighted by molar-refractivity contribution is 7.12. The van der Waals surface area contributed by atoms with E-state index < -0.39 is 0 Å². The molecule has 4 nitrogen and oxygen atoms in total. The average Bonchev–Trinajstić information content (AvgIpc) is 1.65. The van der Waals surface area contributed by atoms with Crippen LogP contribution in [0.15, 0.2) is 80.1 Å². The summed E-state index contributed by atoms with van der Waals surface area (Å²) in [6, 6.07) is 13.4. The molecular weight excluding hydrogens is 1260 g/mol. The van der Waals surface area contributed by atoms with Gasteiger partial charge in [-0.05, 0) is 170 Å². The number of thiophene rings is 3. The Morgan fingerprint density at radius 3 is 0.856 bits per heavy atom. The first-order chi connectivity index (χ1) is 44.4. The van der Waals surface area contributed by atoms with Crippen LogP contribution in [0.2, 0.25) is 0 Å². The quantitative estimate of drug-likeness (QED) is 0.165. The first-order valence-corrected chi connectivity index (χ1v) is 41.5. The van der Waals surface area contributed by atoms with Crippen LogP contribution in [0.25, 0.3) is 0 Å². The smallest absolute Gasteiger partial charge is 0.113 e. The molecule has 1 N–H and O–H groups in total. The maximum absolute atomic E-state index is 5.53. The fraction of sp³-hybridized carbons (Fsp3) is 0.697. The highest BCUT2D eigenvalue weighted by atomic mass is 32.1. The van der Waals surface area contributed by atoms with Gasteiger partial charge in [-0.15, -0.1) is 45.3 Å². The summed E-state index contributed by atoms with van der Waals surface area (Å²) in [6.45, 7) is 91.1. The van der Waals surface area contributed by atoms with Gasteiger partial charge in [-0.1, -0.05) is 277 Å². The van der Waals surface area contributed by atoms with Gasteiger partial charge >= 0.3 is 0 Å². The topological polar surface area (TPSA) is 55.0 Å². The maximum atomic E-state index is 5.53. The molecule has 14 rings (SSSR count). The van der Waals surface area contributed by atoms with Crippen LogP contribution in [0.1, 0.15) is 403 Å². The second-order valence-corrected chi connectivity index (χ2v) is 40.1. The van der Waals surface area contributed by atoms with Crippen LogP contribution in [0.4, 0.5) is 0 Å². The van der Waals surface area contributed by atoms with E-state index in [4.69, 9.17) is 8.83 Å². The largest absolute Gasteiger partial charge is 0.468 e. The minimum Gasteiger partial charge on any atom is -0.468 e. The number of H-pyrrole nitrogens is 1. The number of aromatic amines is 1. The van der Waals surface area contributed by atoms with Crippen molar-refractivity contribution < 1.29 is 8.83 Å². The monoisotopic (exact) mass is 1410 g/mol. The second kappa shape index (κ2) is 33.3. The Labute approximate surface area is 616 Å². The average molecular weight is 1410 g/mol. The molecule has 0 atom stereocenters. The number of aryl methyl sites for hydroxylation is 1. The Morgan fingerprint density at radius 1 is 0.299 bits per heavy atom. The first-order valence-electron chi connectivity index (χ1n) is 38.0. The van der Waals surface area contributed by atoms with Crippen molar-refractivity contribution in [2.75, 3.05) is 0 Å². The number of aromatic nitrogens is 2. The van der Waals surface area contributed by atoms with E-state index in [0.29, 0.717) is 59.6 Å². The predicted octanol–water partition coefficient (Wildman–Crippen LogP) is 30.1. The van der Waals surface area contributed by atoms with Crippen molar-refractivity contribution in [3.8, 4) is 0 Å². The first kappa shape index (κ1) is 89.7. The molecule has 0 amide bonds. The molecule has 8 heteroatoms. The van der Waals surface area contributed by atoms with E-state index in [0.717, 1.165) is 0 Å². The Kier molecular flexibility index (Phi) is 30.8. The van der Waals surface area contributed by atoms with Crippen molar-refractivity contribution >= 4 is 45.3 Å². The summed E-state index contributed by atoms with van der Waals surface area (Å²) in [5.74, 6) is 2.38. The molecule has 7 aromatic rings. The molecule has 7 heterocycles. The molecule has 0 saturated carbocycles. The number of nitrogens with zero attached hydrogens (tertiary/aromatic N) is 1. The maximum Gasteiger partial charge on any atom is 0.113 e. The standard InChI is InChI=1S/C11H17NS.C11H17N.2C11H16O.3C11H16S.6C2H6/c1-7-12-8-9(13-7)11(4,5)6-10(8,2)3;6*1-10(2)7-11(3,4)9-8(10)5-6-12-9;6*1-2/h6H2,1-5H3;5-6,12H,7H2,1-4H3;5*5-6H,7H2,1-4H3;6*1-2H3.